The van der Waals surface area contributed by atoms with Crippen molar-refractivity contribution >= 4 is 40.8 Å². The van der Waals surface area contributed by atoms with E-state index in [1.165, 1.54) is 11.0 Å². The van der Waals surface area contributed by atoms with Crippen LogP contribution in [0.15, 0.2) is 42.5 Å². The van der Waals surface area contributed by atoms with Gasteiger partial charge >= 0.3 is 12.1 Å². The minimum absolute atomic E-state index is 0.0582. The molecule has 1 aliphatic heterocycles. The second-order valence-electron chi connectivity index (χ2n) is 7.18. The molecule has 1 aliphatic rings. The molecule has 1 fully saturated rings. The van der Waals surface area contributed by atoms with Gasteiger partial charge in [-0.05, 0) is 49.4 Å². The molecule has 7 nitrogen and oxygen atoms in total. The van der Waals surface area contributed by atoms with Gasteiger partial charge in [-0.25, -0.2) is 0 Å². The number of esters is 1. The summed E-state index contributed by atoms with van der Waals surface area (Å²) in [7, 11) is 0. The van der Waals surface area contributed by atoms with Gasteiger partial charge in [0, 0.05) is 23.7 Å². The van der Waals surface area contributed by atoms with Gasteiger partial charge in [0.1, 0.15) is 5.75 Å². The highest BCUT2D eigenvalue weighted by Gasteiger charge is 2.37. The van der Waals surface area contributed by atoms with Crippen LogP contribution in [0, 0.1) is 5.92 Å². The van der Waals surface area contributed by atoms with Crippen molar-refractivity contribution < 1.29 is 37.0 Å². The van der Waals surface area contributed by atoms with Gasteiger partial charge in [-0.3, -0.25) is 14.4 Å². The van der Waals surface area contributed by atoms with Crippen molar-refractivity contribution in [2.24, 2.45) is 5.92 Å². The Morgan fingerprint density at radius 2 is 1.88 bits per heavy atom. The number of amides is 2. The highest BCUT2D eigenvalue weighted by molar-refractivity contribution is 6.30. The number of rotatable bonds is 7. The quantitative estimate of drug-likeness (QED) is 0.593. The molecule has 33 heavy (non-hydrogen) atoms. The first-order valence-corrected chi connectivity index (χ1v) is 10.3. The molecule has 176 valence electrons. The molecular formula is C22H20ClF3N2O5. The number of hydrogen-bond acceptors (Lipinski definition) is 5. The van der Waals surface area contributed by atoms with Crippen molar-refractivity contribution in [3.63, 3.8) is 0 Å². The Kier molecular flexibility index (Phi) is 7.47. The van der Waals surface area contributed by atoms with Crippen LogP contribution in [0.1, 0.15) is 18.9 Å². The number of ether oxygens (including phenoxy) is 2. The number of hydrogen-bond donors (Lipinski definition) is 1. The molecule has 1 unspecified atom stereocenters. The van der Waals surface area contributed by atoms with Crippen LogP contribution in [0.5, 0.6) is 5.75 Å². The number of carbonyl (C=O) groups is 3. The van der Waals surface area contributed by atoms with Crippen molar-refractivity contribution in [2.75, 3.05) is 30.0 Å². The lowest BCUT2D eigenvalue weighted by Crippen LogP contribution is -2.28. The van der Waals surface area contributed by atoms with Gasteiger partial charge in [0.05, 0.1) is 23.8 Å². The third-order valence-electron chi connectivity index (χ3n) is 4.82. The molecule has 11 heteroatoms. The molecule has 3 rings (SSSR count). The highest BCUT2D eigenvalue weighted by atomic mass is 35.5. The van der Waals surface area contributed by atoms with Crippen molar-refractivity contribution in [3.8, 4) is 5.75 Å². The van der Waals surface area contributed by atoms with E-state index in [2.05, 4.69) is 5.32 Å². The molecular weight excluding hydrogens is 465 g/mol. The molecule has 1 N–H and O–H groups in total. The van der Waals surface area contributed by atoms with E-state index in [0.29, 0.717) is 24.1 Å². The second-order valence-corrected chi connectivity index (χ2v) is 7.61. The predicted octanol–water partition coefficient (Wildman–Crippen LogP) is 4.29. The Morgan fingerprint density at radius 1 is 1.18 bits per heavy atom. The van der Waals surface area contributed by atoms with E-state index in [1.807, 2.05) is 6.92 Å². The number of benzene rings is 2. The van der Waals surface area contributed by atoms with Crippen molar-refractivity contribution in [1.29, 1.82) is 0 Å². The largest absolute Gasteiger partial charge is 0.494 e. The second kappa shape index (κ2) is 10.1. The van der Waals surface area contributed by atoms with Gasteiger partial charge in [-0.2, -0.15) is 13.2 Å². The summed E-state index contributed by atoms with van der Waals surface area (Å²) in [6.07, 6.45) is -4.85. The first-order chi connectivity index (χ1) is 15.6. The average molecular weight is 485 g/mol. The van der Waals surface area contributed by atoms with Crippen LogP contribution < -0.4 is 15.0 Å². The predicted molar refractivity (Wildman–Crippen MR) is 114 cm³/mol. The van der Waals surface area contributed by atoms with Crippen LogP contribution in [-0.2, 0) is 25.3 Å². The Morgan fingerprint density at radius 3 is 2.52 bits per heavy atom. The average Bonchev–Trinajstić information content (AvgIpc) is 3.15. The molecule has 0 aromatic heterocycles. The van der Waals surface area contributed by atoms with E-state index in [1.54, 1.807) is 24.3 Å². The molecule has 2 amide bonds. The summed E-state index contributed by atoms with van der Waals surface area (Å²) in [6.45, 7) is 1.60. The summed E-state index contributed by atoms with van der Waals surface area (Å²) >= 11 is 5.60. The van der Waals surface area contributed by atoms with E-state index >= 15 is 0 Å². The van der Waals surface area contributed by atoms with Crippen molar-refractivity contribution in [1.82, 2.24) is 0 Å². The fourth-order valence-electron chi connectivity index (χ4n) is 3.30. The Hall–Kier alpha value is -3.27. The minimum atomic E-state index is -4.74. The van der Waals surface area contributed by atoms with E-state index in [-0.39, 0.29) is 23.9 Å². The minimum Gasteiger partial charge on any atom is -0.494 e. The van der Waals surface area contributed by atoms with Gasteiger partial charge in [-0.15, -0.1) is 0 Å². The zero-order chi connectivity index (χ0) is 24.2. The summed E-state index contributed by atoms with van der Waals surface area (Å²) in [5, 5.41) is 1.92. The number of carbonyl (C=O) groups excluding carboxylic acids is 3. The van der Waals surface area contributed by atoms with Crippen LogP contribution in [0.3, 0.4) is 0 Å². The lowest BCUT2D eigenvalue weighted by atomic mass is 10.1. The highest BCUT2D eigenvalue weighted by Crippen LogP contribution is 2.36. The molecule has 2 aromatic carbocycles. The molecule has 2 aromatic rings. The van der Waals surface area contributed by atoms with E-state index in [0.717, 1.165) is 6.07 Å². The maximum Gasteiger partial charge on any atom is 0.418 e. The zero-order valence-corrected chi connectivity index (χ0v) is 18.2. The molecule has 1 saturated heterocycles. The van der Waals surface area contributed by atoms with Gasteiger partial charge in [-0.1, -0.05) is 11.6 Å². The molecule has 0 bridgehead atoms. The lowest BCUT2D eigenvalue weighted by Gasteiger charge is -2.17. The molecule has 0 spiro atoms. The maximum absolute atomic E-state index is 13.1. The van der Waals surface area contributed by atoms with Crippen molar-refractivity contribution in [3.05, 3.63) is 53.1 Å². The summed E-state index contributed by atoms with van der Waals surface area (Å²) in [4.78, 5) is 38.1. The summed E-state index contributed by atoms with van der Waals surface area (Å²) in [5.74, 6) is -2.20. The molecule has 0 aliphatic carbocycles. The smallest absolute Gasteiger partial charge is 0.418 e. The van der Waals surface area contributed by atoms with Crippen LogP contribution in [0.4, 0.5) is 24.5 Å². The molecule has 1 heterocycles. The van der Waals surface area contributed by atoms with E-state index in [4.69, 9.17) is 21.1 Å². The van der Waals surface area contributed by atoms with Crippen LogP contribution in [-0.4, -0.2) is 37.5 Å². The van der Waals surface area contributed by atoms with E-state index in [9.17, 15) is 27.6 Å². The maximum atomic E-state index is 13.1. The normalized spacial score (nSPS) is 16.0. The Bertz CT molecular complexity index is 1040. The monoisotopic (exact) mass is 484 g/mol. The number of anilines is 2. The number of nitrogens with zero attached hydrogens (tertiary/aromatic N) is 1. The SMILES string of the molecule is CCOc1ccc(N2CC(C(=O)OCC(=O)Nc3ccc(Cl)cc3C(F)(F)F)CC2=O)cc1. The summed E-state index contributed by atoms with van der Waals surface area (Å²) < 4.78 is 49.7. The zero-order valence-electron chi connectivity index (χ0n) is 17.4. The van der Waals surface area contributed by atoms with Crippen LogP contribution in [0.25, 0.3) is 0 Å². The Balaban J connectivity index is 1.56. The molecule has 0 radical (unpaired) electrons. The van der Waals surface area contributed by atoms with E-state index < -0.39 is 41.8 Å². The summed E-state index contributed by atoms with van der Waals surface area (Å²) in [5.41, 5.74) is -1.05. The lowest BCUT2D eigenvalue weighted by molar-refractivity contribution is -0.151. The number of halogens is 4. The topological polar surface area (TPSA) is 84.9 Å². The fourth-order valence-corrected chi connectivity index (χ4v) is 3.48. The number of alkyl halides is 3. The van der Waals surface area contributed by atoms with Gasteiger partial charge in [0.25, 0.3) is 5.91 Å². The standard InChI is InChI=1S/C22H20ClF3N2O5/c1-2-32-16-6-4-15(5-7-16)28-11-13(9-20(28)30)21(31)33-12-19(29)27-18-8-3-14(23)10-17(18)22(24,25)26/h3-8,10,13H,2,9,11-12H2,1H3,(H,27,29). The number of nitrogens with one attached hydrogen (secondary N) is 1. The van der Waals surface area contributed by atoms with Gasteiger partial charge in [0.15, 0.2) is 6.61 Å². The molecule has 1 atom stereocenters. The fraction of sp³-hybridized carbons (Fsp3) is 0.318. The van der Waals surface area contributed by atoms with Crippen LogP contribution >= 0.6 is 11.6 Å². The summed E-state index contributed by atoms with van der Waals surface area (Å²) in [6, 6.07) is 9.67. The third kappa shape index (κ3) is 6.16. The first-order valence-electron chi connectivity index (χ1n) is 9.95. The van der Waals surface area contributed by atoms with Gasteiger partial charge < -0.3 is 19.7 Å². The van der Waals surface area contributed by atoms with Crippen LogP contribution in [0.2, 0.25) is 5.02 Å². The Labute approximate surface area is 192 Å². The van der Waals surface area contributed by atoms with Crippen molar-refractivity contribution in [2.45, 2.75) is 19.5 Å². The third-order valence-corrected chi connectivity index (χ3v) is 5.06. The first kappa shape index (κ1) is 24.4. The van der Waals surface area contributed by atoms with Gasteiger partial charge in [0.2, 0.25) is 5.91 Å². The molecule has 0 saturated carbocycles.